The predicted molar refractivity (Wildman–Crippen MR) is 79.1 cm³/mol. The fraction of sp³-hybridized carbons (Fsp3) is 0.667. The van der Waals surface area contributed by atoms with E-state index in [1.807, 2.05) is 13.0 Å². The second-order valence-corrected chi connectivity index (χ2v) is 5.82. The third-order valence-corrected chi connectivity index (χ3v) is 4.19. The molecule has 2 saturated heterocycles. The summed E-state index contributed by atoms with van der Waals surface area (Å²) in [7, 11) is 0. The molecule has 6 nitrogen and oxygen atoms in total. The van der Waals surface area contributed by atoms with E-state index < -0.39 is 0 Å². The van der Waals surface area contributed by atoms with Crippen LogP contribution in [-0.2, 0) is 9.53 Å². The van der Waals surface area contributed by atoms with Gasteiger partial charge in [0, 0.05) is 44.2 Å². The van der Waals surface area contributed by atoms with Gasteiger partial charge in [-0.2, -0.15) is 0 Å². The molecule has 1 N–H and O–H groups in total. The van der Waals surface area contributed by atoms with Gasteiger partial charge in [-0.05, 0) is 32.3 Å². The lowest BCUT2D eigenvalue weighted by Crippen LogP contribution is -2.42. The minimum absolute atomic E-state index is 0.0388. The maximum atomic E-state index is 12.3. The van der Waals surface area contributed by atoms with Crippen molar-refractivity contribution < 1.29 is 9.53 Å². The molecule has 1 unspecified atom stereocenters. The molecular formula is C15H22N4O2. The third-order valence-electron chi connectivity index (χ3n) is 4.19. The van der Waals surface area contributed by atoms with Gasteiger partial charge in [0.05, 0.1) is 5.92 Å². The summed E-state index contributed by atoms with van der Waals surface area (Å²) in [5.41, 5.74) is 0.954. The molecule has 2 fully saturated rings. The Kier molecular flexibility index (Phi) is 4.34. The fourth-order valence-corrected chi connectivity index (χ4v) is 2.90. The number of rotatable bonds is 3. The zero-order valence-corrected chi connectivity index (χ0v) is 12.4. The van der Waals surface area contributed by atoms with Crippen LogP contribution < -0.4 is 10.2 Å². The van der Waals surface area contributed by atoms with Gasteiger partial charge in [0.15, 0.2) is 0 Å². The van der Waals surface area contributed by atoms with Gasteiger partial charge in [-0.3, -0.25) is 4.79 Å². The molecule has 1 aromatic heterocycles. The zero-order chi connectivity index (χ0) is 14.7. The van der Waals surface area contributed by atoms with Crippen LogP contribution in [0.15, 0.2) is 12.3 Å². The molecule has 2 aliphatic rings. The van der Waals surface area contributed by atoms with Gasteiger partial charge < -0.3 is 15.0 Å². The maximum Gasteiger partial charge on any atom is 0.225 e. The van der Waals surface area contributed by atoms with Crippen molar-refractivity contribution in [2.75, 3.05) is 31.2 Å². The van der Waals surface area contributed by atoms with E-state index in [1.165, 1.54) is 0 Å². The Bertz CT molecular complexity index is 502. The lowest BCUT2D eigenvalue weighted by Gasteiger charge is -2.24. The molecule has 0 saturated carbocycles. The molecule has 0 radical (unpaired) electrons. The Balaban J connectivity index is 1.55. The van der Waals surface area contributed by atoms with Crippen LogP contribution in [0.5, 0.6) is 0 Å². The first-order valence-corrected chi connectivity index (χ1v) is 7.65. The largest absolute Gasteiger partial charge is 0.381 e. The van der Waals surface area contributed by atoms with Gasteiger partial charge >= 0.3 is 0 Å². The summed E-state index contributed by atoms with van der Waals surface area (Å²) in [5.74, 6) is 0.936. The minimum atomic E-state index is 0.0388. The van der Waals surface area contributed by atoms with Crippen molar-refractivity contribution in [2.24, 2.45) is 5.92 Å². The van der Waals surface area contributed by atoms with Crippen molar-refractivity contribution in [3.8, 4) is 0 Å². The third kappa shape index (κ3) is 3.50. The Labute approximate surface area is 124 Å². The number of nitrogens with zero attached hydrogens (tertiary/aromatic N) is 3. The SMILES string of the molecule is Cc1ccnc(N2CCC(C(=O)NC3CCOCC3)C2)n1. The first-order chi connectivity index (χ1) is 10.2. The lowest BCUT2D eigenvalue weighted by molar-refractivity contribution is -0.125. The van der Waals surface area contributed by atoms with Crippen LogP contribution >= 0.6 is 0 Å². The normalized spacial score (nSPS) is 23.3. The maximum absolute atomic E-state index is 12.3. The molecule has 1 atom stereocenters. The van der Waals surface area contributed by atoms with Gasteiger partial charge in [-0.1, -0.05) is 0 Å². The monoisotopic (exact) mass is 290 g/mol. The molecule has 0 aromatic carbocycles. The van der Waals surface area contributed by atoms with Crippen molar-refractivity contribution >= 4 is 11.9 Å². The number of carbonyl (C=O) groups excluding carboxylic acids is 1. The van der Waals surface area contributed by atoms with Gasteiger partial charge in [0.2, 0.25) is 11.9 Å². The van der Waals surface area contributed by atoms with E-state index >= 15 is 0 Å². The summed E-state index contributed by atoms with van der Waals surface area (Å²) < 4.78 is 5.32. The lowest BCUT2D eigenvalue weighted by atomic mass is 10.1. The molecule has 0 spiro atoms. The van der Waals surface area contributed by atoms with E-state index in [4.69, 9.17) is 4.74 Å². The van der Waals surface area contributed by atoms with Gasteiger partial charge in [-0.25, -0.2) is 9.97 Å². The molecule has 1 amide bonds. The number of anilines is 1. The van der Waals surface area contributed by atoms with E-state index in [2.05, 4.69) is 20.2 Å². The number of carbonyl (C=O) groups is 1. The number of hydrogen-bond donors (Lipinski definition) is 1. The summed E-state index contributed by atoms with van der Waals surface area (Å²) in [4.78, 5) is 23.2. The van der Waals surface area contributed by atoms with Crippen LogP contribution in [-0.4, -0.2) is 48.2 Å². The smallest absolute Gasteiger partial charge is 0.225 e. The summed E-state index contributed by atoms with van der Waals surface area (Å²) in [5, 5.41) is 3.16. The summed E-state index contributed by atoms with van der Waals surface area (Å²) in [6.45, 7) is 5.00. The van der Waals surface area contributed by atoms with Crippen molar-refractivity contribution in [2.45, 2.75) is 32.2 Å². The molecule has 114 valence electrons. The first kappa shape index (κ1) is 14.3. The summed E-state index contributed by atoms with van der Waals surface area (Å²) in [6.07, 6.45) is 4.48. The van der Waals surface area contributed by atoms with Crippen LogP contribution in [0, 0.1) is 12.8 Å². The van der Waals surface area contributed by atoms with Crippen molar-refractivity contribution in [1.29, 1.82) is 0 Å². The van der Waals surface area contributed by atoms with Gasteiger partial charge in [-0.15, -0.1) is 0 Å². The van der Waals surface area contributed by atoms with E-state index in [1.54, 1.807) is 6.20 Å². The predicted octanol–water partition coefficient (Wildman–Crippen LogP) is 0.907. The van der Waals surface area contributed by atoms with Crippen LogP contribution in [0.2, 0.25) is 0 Å². The van der Waals surface area contributed by atoms with E-state index in [-0.39, 0.29) is 17.9 Å². The van der Waals surface area contributed by atoms with E-state index in [0.717, 1.165) is 50.7 Å². The Morgan fingerprint density at radius 2 is 2.19 bits per heavy atom. The van der Waals surface area contributed by atoms with Crippen molar-refractivity contribution in [3.63, 3.8) is 0 Å². The van der Waals surface area contributed by atoms with Crippen LogP contribution in [0.4, 0.5) is 5.95 Å². The number of aromatic nitrogens is 2. The fourth-order valence-electron chi connectivity index (χ4n) is 2.90. The highest BCUT2D eigenvalue weighted by Gasteiger charge is 2.31. The molecule has 3 heterocycles. The van der Waals surface area contributed by atoms with Crippen LogP contribution in [0.1, 0.15) is 25.0 Å². The number of aryl methyl sites for hydroxylation is 1. The zero-order valence-electron chi connectivity index (χ0n) is 12.4. The molecule has 3 rings (SSSR count). The highest BCUT2D eigenvalue weighted by Crippen LogP contribution is 2.21. The van der Waals surface area contributed by atoms with Crippen molar-refractivity contribution in [1.82, 2.24) is 15.3 Å². The second kappa shape index (κ2) is 6.39. The van der Waals surface area contributed by atoms with Gasteiger partial charge in [0.1, 0.15) is 0 Å². The van der Waals surface area contributed by atoms with E-state index in [0.29, 0.717) is 6.54 Å². The number of nitrogens with one attached hydrogen (secondary N) is 1. The summed E-state index contributed by atoms with van der Waals surface area (Å²) in [6, 6.07) is 2.16. The molecule has 21 heavy (non-hydrogen) atoms. The molecule has 6 heteroatoms. The molecule has 0 aliphatic carbocycles. The highest BCUT2D eigenvalue weighted by atomic mass is 16.5. The number of amides is 1. The topological polar surface area (TPSA) is 67.4 Å². The quantitative estimate of drug-likeness (QED) is 0.896. The average molecular weight is 290 g/mol. The standard InChI is InChI=1S/C15H22N4O2/c1-11-2-6-16-15(17-11)19-7-3-12(10-19)14(20)18-13-4-8-21-9-5-13/h2,6,12-13H,3-5,7-10H2,1H3,(H,18,20). The average Bonchev–Trinajstić information content (AvgIpc) is 2.98. The molecule has 1 aromatic rings. The molecular weight excluding hydrogens is 268 g/mol. The minimum Gasteiger partial charge on any atom is -0.381 e. The highest BCUT2D eigenvalue weighted by molar-refractivity contribution is 5.80. The van der Waals surface area contributed by atoms with Crippen molar-refractivity contribution in [3.05, 3.63) is 18.0 Å². The number of hydrogen-bond acceptors (Lipinski definition) is 5. The van der Waals surface area contributed by atoms with E-state index in [9.17, 15) is 4.79 Å². The Morgan fingerprint density at radius 1 is 1.38 bits per heavy atom. The second-order valence-electron chi connectivity index (χ2n) is 5.82. The number of ether oxygens (including phenoxy) is 1. The molecule has 0 bridgehead atoms. The Hall–Kier alpha value is -1.69. The molecule has 2 aliphatic heterocycles. The Morgan fingerprint density at radius 3 is 2.95 bits per heavy atom. The van der Waals surface area contributed by atoms with Crippen LogP contribution in [0.25, 0.3) is 0 Å². The van der Waals surface area contributed by atoms with Crippen LogP contribution in [0.3, 0.4) is 0 Å². The summed E-state index contributed by atoms with van der Waals surface area (Å²) >= 11 is 0. The van der Waals surface area contributed by atoms with Gasteiger partial charge in [0.25, 0.3) is 0 Å². The first-order valence-electron chi connectivity index (χ1n) is 7.65.